The average molecular weight is 422 g/mol. The van der Waals surface area contributed by atoms with Gasteiger partial charge in [-0.1, -0.05) is 25.1 Å². The van der Waals surface area contributed by atoms with Crippen LogP contribution in [0.15, 0.2) is 53.3 Å². The van der Waals surface area contributed by atoms with Gasteiger partial charge < -0.3 is 0 Å². The van der Waals surface area contributed by atoms with E-state index < -0.39 is 5.91 Å². The van der Waals surface area contributed by atoms with E-state index >= 15 is 0 Å². The van der Waals surface area contributed by atoms with E-state index in [4.69, 9.17) is 0 Å². The van der Waals surface area contributed by atoms with E-state index in [0.717, 1.165) is 16.9 Å². The van der Waals surface area contributed by atoms with Crippen LogP contribution >= 0.6 is 11.3 Å². The lowest BCUT2D eigenvalue weighted by atomic mass is 10.1. The molecule has 0 aliphatic rings. The quantitative estimate of drug-likeness (QED) is 0.509. The van der Waals surface area contributed by atoms with Crippen LogP contribution in [0.3, 0.4) is 0 Å². The summed E-state index contributed by atoms with van der Waals surface area (Å²) in [6, 6.07) is 13.0. The normalized spacial score (nSPS) is 11.0. The van der Waals surface area contributed by atoms with Gasteiger partial charge in [0.05, 0.1) is 11.1 Å². The van der Waals surface area contributed by atoms with E-state index in [-0.39, 0.29) is 17.1 Å². The summed E-state index contributed by atoms with van der Waals surface area (Å²) in [6.07, 6.45) is 0.721. The number of carbonyl (C=O) groups excluding carboxylic acids is 1. The van der Waals surface area contributed by atoms with Gasteiger partial charge in [0, 0.05) is 22.4 Å². The maximum atomic E-state index is 13.2. The number of hydrogen-bond donors (Lipinski definition) is 1. The van der Waals surface area contributed by atoms with Crippen molar-refractivity contribution in [3.8, 4) is 11.3 Å². The Bertz CT molecular complexity index is 1290. The molecule has 0 unspecified atom stereocenters. The van der Waals surface area contributed by atoms with E-state index in [1.807, 2.05) is 13.8 Å². The number of halogens is 1. The number of carbonyl (C=O) groups is 1. The number of aromatic nitrogens is 3. The molecule has 0 bridgehead atoms. The van der Waals surface area contributed by atoms with Gasteiger partial charge in [-0.15, -0.1) is 11.3 Å². The smallest absolute Gasteiger partial charge is 0.278 e. The van der Waals surface area contributed by atoms with E-state index in [0.29, 0.717) is 28.1 Å². The Morgan fingerprint density at radius 2 is 1.83 bits per heavy atom. The summed E-state index contributed by atoms with van der Waals surface area (Å²) in [5.74, 6) is -0.754. The van der Waals surface area contributed by atoms with Crippen LogP contribution in [-0.4, -0.2) is 20.7 Å². The van der Waals surface area contributed by atoms with Crippen molar-refractivity contribution in [2.24, 2.45) is 0 Å². The third-order valence-corrected chi connectivity index (χ3v) is 5.54. The Hall–Kier alpha value is -3.39. The van der Waals surface area contributed by atoms with E-state index in [9.17, 15) is 14.0 Å². The Kier molecular flexibility index (Phi) is 5.41. The van der Waals surface area contributed by atoms with Crippen molar-refractivity contribution < 1.29 is 9.18 Å². The van der Waals surface area contributed by atoms with Gasteiger partial charge >= 0.3 is 0 Å². The van der Waals surface area contributed by atoms with E-state index in [1.54, 1.807) is 36.4 Å². The number of amides is 1. The molecular formula is C22H19FN4O2S. The molecule has 4 rings (SSSR count). The monoisotopic (exact) mass is 422 g/mol. The van der Waals surface area contributed by atoms with Crippen LogP contribution in [0.25, 0.3) is 22.0 Å². The van der Waals surface area contributed by atoms with Crippen LogP contribution in [0.2, 0.25) is 0 Å². The summed E-state index contributed by atoms with van der Waals surface area (Å²) in [5, 5.41) is 8.47. The largest absolute Gasteiger partial charge is 0.296 e. The highest BCUT2D eigenvalue weighted by Gasteiger charge is 2.19. The summed E-state index contributed by atoms with van der Waals surface area (Å²) in [7, 11) is 0. The van der Waals surface area contributed by atoms with Crippen molar-refractivity contribution in [2.75, 3.05) is 5.32 Å². The molecule has 6 nitrogen and oxygen atoms in total. The van der Waals surface area contributed by atoms with Crippen LogP contribution in [0, 0.1) is 12.7 Å². The molecular weight excluding hydrogens is 403 g/mol. The lowest BCUT2D eigenvalue weighted by molar-refractivity contribution is 0.102. The molecule has 0 fully saturated rings. The minimum Gasteiger partial charge on any atom is -0.296 e. The van der Waals surface area contributed by atoms with Gasteiger partial charge in [0.2, 0.25) is 0 Å². The standard InChI is InChI=1S/C22H19FN4O2S/c1-3-12-27-21(29)17-7-5-4-6-16(17)19(26-27)20(28)25-22-24-18(13(2)30-22)14-8-10-15(23)11-9-14/h4-11H,3,12H2,1-2H3,(H,24,25,28). The molecule has 4 aromatic rings. The highest BCUT2D eigenvalue weighted by atomic mass is 32.1. The van der Waals surface area contributed by atoms with Crippen molar-refractivity contribution >= 4 is 33.1 Å². The molecule has 1 N–H and O–H groups in total. The first-order chi connectivity index (χ1) is 14.5. The van der Waals surface area contributed by atoms with E-state index in [2.05, 4.69) is 15.4 Å². The van der Waals surface area contributed by atoms with Crippen LogP contribution in [-0.2, 0) is 6.54 Å². The molecule has 0 radical (unpaired) electrons. The van der Waals surface area contributed by atoms with Gasteiger partial charge in [0.15, 0.2) is 10.8 Å². The predicted octanol–water partition coefficient (Wildman–Crippen LogP) is 4.63. The summed E-state index contributed by atoms with van der Waals surface area (Å²) in [6.45, 7) is 4.26. The highest BCUT2D eigenvalue weighted by molar-refractivity contribution is 7.16. The second-order valence-electron chi connectivity index (χ2n) is 6.81. The number of benzene rings is 2. The van der Waals surface area contributed by atoms with Gasteiger partial charge in [-0.2, -0.15) is 5.10 Å². The molecule has 1 amide bonds. The molecule has 152 valence electrons. The van der Waals surface area contributed by atoms with E-state index in [1.165, 1.54) is 28.2 Å². The molecule has 2 aromatic carbocycles. The number of nitrogens with one attached hydrogen (secondary N) is 1. The van der Waals surface area contributed by atoms with Crippen molar-refractivity contribution in [2.45, 2.75) is 26.8 Å². The van der Waals surface area contributed by atoms with Crippen LogP contribution in [0.1, 0.15) is 28.7 Å². The first-order valence-electron chi connectivity index (χ1n) is 9.52. The van der Waals surface area contributed by atoms with Crippen molar-refractivity contribution in [3.05, 3.63) is 75.3 Å². The van der Waals surface area contributed by atoms with Crippen molar-refractivity contribution in [1.29, 1.82) is 0 Å². The van der Waals surface area contributed by atoms with Gasteiger partial charge in [-0.05, 0) is 43.7 Å². The zero-order valence-corrected chi connectivity index (χ0v) is 17.3. The lowest BCUT2D eigenvalue weighted by Crippen LogP contribution is -2.27. The number of rotatable bonds is 5. The molecule has 0 saturated heterocycles. The number of fused-ring (bicyclic) bond motifs is 1. The second-order valence-corrected chi connectivity index (χ2v) is 8.01. The molecule has 30 heavy (non-hydrogen) atoms. The summed E-state index contributed by atoms with van der Waals surface area (Å²) >= 11 is 1.33. The SMILES string of the molecule is CCCn1nc(C(=O)Nc2nc(-c3ccc(F)cc3)c(C)s2)c2ccccc2c1=O. The Morgan fingerprint density at radius 3 is 2.53 bits per heavy atom. The molecule has 0 aliphatic carbocycles. The van der Waals surface area contributed by atoms with Gasteiger partial charge in [0.1, 0.15) is 5.82 Å². The molecule has 0 aliphatic heterocycles. The maximum absolute atomic E-state index is 13.2. The predicted molar refractivity (Wildman–Crippen MR) is 116 cm³/mol. The molecule has 8 heteroatoms. The number of thiazole rings is 1. The summed E-state index contributed by atoms with van der Waals surface area (Å²) < 4.78 is 14.5. The highest BCUT2D eigenvalue weighted by Crippen LogP contribution is 2.30. The third kappa shape index (κ3) is 3.73. The third-order valence-electron chi connectivity index (χ3n) is 4.65. The average Bonchev–Trinajstić information content (AvgIpc) is 3.10. The molecule has 0 saturated carbocycles. The topological polar surface area (TPSA) is 76.9 Å². The summed E-state index contributed by atoms with van der Waals surface area (Å²) in [4.78, 5) is 31.0. The lowest BCUT2D eigenvalue weighted by Gasteiger charge is -2.09. The van der Waals surface area contributed by atoms with Gasteiger partial charge in [0.25, 0.3) is 11.5 Å². The minimum absolute atomic E-state index is 0.176. The Balaban J connectivity index is 1.70. The van der Waals surface area contributed by atoms with Crippen LogP contribution in [0.4, 0.5) is 9.52 Å². The zero-order valence-electron chi connectivity index (χ0n) is 16.5. The fourth-order valence-electron chi connectivity index (χ4n) is 3.25. The van der Waals surface area contributed by atoms with Gasteiger partial charge in [-0.3, -0.25) is 14.9 Å². The van der Waals surface area contributed by atoms with Crippen LogP contribution < -0.4 is 10.9 Å². The van der Waals surface area contributed by atoms with Crippen molar-refractivity contribution in [1.82, 2.24) is 14.8 Å². The number of hydrogen-bond acceptors (Lipinski definition) is 5. The molecule has 0 spiro atoms. The van der Waals surface area contributed by atoms with Crippen molar-refractivity contribution in [3.63, 3.8) is 0 Å². The number of anilines is 1. The fourth-order valence-corrected chi connectivity index (χ4v) is 4.08. The number of nitrogens with zero attached hydrogens (tertiary/aromatic N) is 3. The Labute approximate surface area is 176 Å². The first kappa shape index (κ1) is 19.9. The minimum atomic E-state index is -0.435. The fraction of sp³-hybridized carbons (Fsp3) is 0.182. The molecule has 2 heterocycles. The second kappa shape index (κ2) is 8.16. The molecule has 2 aromatic heterocycles. The van der Waals surface area contributed by atoms with Crippen LogP contribution in [0.5, 0.6) is 0 Å². The Morgan fingerprint density at radius 1 is 1.13 bits per heavy atom. The number of aryl methyl sites for hydroxylation is 2. The zero-order chi connectivity index (χ0) is 21.3. The molecule has 0 atom stereocenters. The van der Waals surface area contributed by atoms with Gasteiger partial charge in [-0.25, -0.2) is 14.1 Å². The maximum Gasteiger partial charge on any atom is 0.278 e. The first-order valence-corrected chi connectivity index (χ1v) is 10.3. The summed E-state index contributed by atoms with van der Waals surface area (Å²) in [5.41, 5.74) is 1.41.